The molecule has 0 saturated carbocycles. The molecule has 3 rings (SSSR count). The molecule has 168 valence electrons. The Kier molecular flexibility index (Phi) is 7.17. The van der Waals surface area contributed by atoms with Gasteiger partial charge in [-0.15, -0.1) is 0 Å². The van der Waals surface area contributed by atoms with Gasteiger partial charge in [-0.3, -0.25) is 9.10 Å². The van der Waals surface area contributed by atoms with Crippen LogP contribution >= 0.6 is 0 Å². The molecular weight excluding hydrogens is 419 g/mol. The summed E-state index contributed by atoms with van der Waals surface area (Å²) in [7, 11) is -1.62. The van der Waals surface area contributed by atoms with E-state index < -0.39 is 27.8 Å². The second-order valence-electron chi connectivity index (χ2n) is 7.89. The molecule has 2 aromatic carbocycles. The Morgan fingerprint density at radius 1 is 1.06 bits per heavy atom. The zero-order chi connectivity index (χ0) is 22.6. The molecule has 7 nitrogen and oxygen atoms in total. The number of rotatable bonds is 7. The predicted octanol–water partition coefficient (Wildman–Crippen LogP) is 2.05. The number of piperazine rings is 1. The molecule has 0 unspecified atom stereocenters. The molecule has 1 saturated heterocycles. The van der Waals surface area contributed by atoms with Gasteiger partial charge in [0.05, 0.1) is 11.9 Å². The van der Waals surface area contributed by atoms with E-state index in [2.05, 4.69) is 22.2 Å². The number of benzene rings is 2. The summed E-state index contributed by atoms with van der Waals surface area (Å²) in [4.78, 5) is 17.3. The lowest BCUT2D eigenvalue weighted by atomic mass is 10.1. The highest BCUT2D eigenvalue weighted by Crippen LogP contribution is 2.21. The van der Waals surface area contributed by atoms with E-state index in [1.54, 1.807) is 0 Å². The maximum Gasteiger partial charge on any atom is 0.243 e. The third-order valence-electron chi connectivity index (χ3n) is 5.44. The minimum absolute atomic E-state index is 0.239. The number of amides is 1. The highest BCUT2D eigenvalue weighted by Gasteiger charge is 2.29. The zero-order valence-corrected chi connectivity index (χ0v) is 18.9. The summed E-state index contributed by atoms with van der Waals surface area (Å²) in [6, 6.07) is 12.0. The second kappa shape index (κ2) is 9.65. The van der Waals surface area contributed by atoms with Crippen LogP contribution < -0.4 is 14.5 Å². The van der Waals surface area contributed by atoms with Gasteiger partial charge < -0.3 is 15.1 Å². The fraction of sp³-hybridized carbons (Fsp3) is 0.409. The van der Waals surface area contributed by atoms with Gasteiger partial charge in [-0.05, 0) is 55.9 Å². The highest BCUT2D eigenvalue weighted by molar-refractivity contribution is 7.92. The molecule has 9 heteroatoms. The number of hydrogen-bond acceptors (Lipinski definition) is 5. The number of sulfonamides is 1. The Morgan fingerprint density at radius 2 is 1.65 bits per heavy atom. The summed E-state index contributed by atoms with van der Waals surface area (Å²) in [6.45, 7) is 5.81. The van der Waals surface area contributed by atoms with Gasteiger partial charge in [-0.2, -0.15) is 0 Å². The van der Waals surface area contributed by atoms with Crippen LogP contribution in [-0.2, 0) is 21.4 Å². The van der Waals surface area contributed by atoms with Gasteiger partial charge in [0.25, 0.3) is 0 Å². The fourth-order valence-electron chi connectivity index (χ4n) is 3.62. The SMILES string of the molecule is C[C@@H](C(=O)NCc1ccc(N2CCN(C)CC2)cc1)N(c1ccc(F)cc1)S(C)(=O)=O. The molecule has 1 aliphatic heterocycles. The molecule has 0 spiro atoms. The van der Waals surface area contributed by atoms with Crippen LogP contribution in [0.5, 0.6) is 0 Å². The molecule has 1 aliphatic rings. The van der Waals surface area contributed by atoms with Crippen LogP contribution in [0.2, 0.25) is 0 Å². The van der Waals surface area contributed by atoms with Gasteiger partial charge in [-0.25, -0.2) is 12.8 Å². The van der Waals surface area contributed by atoms with Crippen molar-refractivity contribution in [1.82, 2.24) is 10.2 Å². The minimum Gasteiger partial charge on any atom is -0.369 e. The third-order valence-corrected chi connectivity index (χ3v) is 6.68. The van der Waals surface area contributed by atoms with Crippen LogP contribution in [0.3, 0.4) is 0 Å². The standard InChI is InChI=1S/C22H29FN4O3S/c1-17(27(31(3,29)30)21-10-6-19(23)7-11-21)22(28)24-16-18-4-8-20(9-5-18)26-14-12-25(2)13-15-26/h4-11,17H,12-16H2,1-3H3,(H,24,28)/t17-/m0/s1. The van der Waals surface area contributed by atoms with E-state index in [9.17, 15) is 17.6 Å². The summed E-state index contributed by atoms with van der Waals surface area (Å²) in [5.74, 6) is -0.910. The largest absolute Gasteiger partial charge is 0.369 e. The molecule has 1 N–H and O–H groups in total. The van der Waals surface area contributed by atoms with Crippen LogP contribution in [0.15, 0.2) is 48.5 Å². The van der Waals surface area contributed by atoms with Crippen molar-refractivity contribution in [3.63, 3.8) is 0 Å². The van der Waals surface area contributed by atoms with E-state index in [1.807, 2.05) is 24.3 Å². The molecule has 2 aromatic rings. The summed E-state index contributed by atoms with van der Waals surface area (Å²) < 4.78 is 38.8. The number of likely N-dealkylation sites (N-methyl/N-ethyl adjacent to an activating group) is 1. The van der Waals surface area contributed by atoms with E-state index in [0.717, 1.165) is 48.0 Å². The second-order valence-corrected chi connectivity index (χ2v) is 9.75. The summed E-state index contributed by atoms with van der Waals surface area (Å²) in [5, 5.41) is 2.80. The number of halogens is 1. The maximum absolute atomic E-state index is 13.2. The molecule has 0 aromatic heterocycles. The van der Waals surface area contributed by atoms with E-state index in [0.29, 0.717) is 0 Å². The van der Waals surface area contributed by atoms with E-state index in [-0.39, 0.29) is 12.2 Å². The first kappa shape index (κ1) is 23.0. The van der Waals surface area contributed by atoms with E-state index in [4.69, 9.17) is 0 Å². The fourth-order valence-corrected chi connectivity index (χ4v) is 4.80. The lowest BCUT2D eigenvalue weighted by Crippen LogP contribution is -2.47. The predicted molar refractivity (Wildman–Crippen MR) is 121 cm³/mol. The molecule has 31 heavy (non-hydrogen) atoms. The van der Waals surface area contributed by atoms with E-state index in [1.165, 1.54) is 31.2 Å². The van der Waals surface area contributed by atoms with Crippen LogP contribution in [0.1, 0.15) is 12.5 Å². The Balaban J connectivity index is 1.62. The van der Waals surface area contributed by atoms with E-state index >= 15 is 0 Å². The Bertz CT molecular complexity index is 988. The zero-order valence-electron chi connectivity index (χ0n) is 18.1. The van der Waals surface area contributed by atoms with Crippen LogP contribution in [0, 0.1) is 5.82 Å². The van der Waals surface area contributed by atoms with Crippen LogP contribution in [0.25, 0.3) is 0 Å². The number of hydrogen-bond donors (Lipinski definition) is 1. The first-order valence-corrected chi connectivity index (χ1v) is 12.0. The van der Waals surface area contributed by atoms with Gasteiger partial charge >= 0.3 is 0 Å². The summed E-state index contributed by atoms with van der Waals surface area (Å²) in [5.41, 5.74) is 2.31. The molecule has 0 radical (unpaired) electrons. The van der Waals surface area contributed by atoms with Crippen LogP contribution in [-0.4, -0.2) is 64.7 Å². The van der Waals surface area contributed by atoms with Crippen molar-refractivity contribution < 1.29 is 17.6 Å². The molecule has 1 heterocycles. The van der Waals surface area contributed by atoms with Crippen molar-refractivity contribution in [1.29, 1.82) is 0 Å². The topological polar surface area (TPSA) is 73.0 Å². The summed E-state index contributed by atoms with van der Waals surface area (Å²) >= 11 is 0. The molecular formula is C22H29FN4O3S. The van der Waals surface area contributed by atoms with Gasteiger partial charge in [0.1, 0.15) is 11.9 Å². The maximum atomic E-state index is 13.2. The third kappa shape index (κ3) is 5.95. The van der Waals surface area contributed by atoms with Gasteiger partial charge in [0, 0.05) is 38.4 Å². The lowest BCUT2D eigenvalue weighted by Gasteiger charge is -2.34. The lowest BCUT2D eigenvalue weighted by molar-refractivity contribution is -0.122. The first-order valence-electron chi connectivity index (χ1n) is 10.2. The normalized spacial score (nSPS) is 16.1. The number of anilines is 2. The Labute approximate surface area is 183 Å². The summed E-state index contributed by atoms with van der Waals surface area (Å²) in [6.07, 6.45) is 1.03. The average molecular weight is 449 g/mol. The average Bonchev–Trinajstić information content (AvgIpc) is 2.73. The number of nitrogens with zero attached hydrogens (tertiary/aromatic N) is 3. The molecule has 1 fully saturated rings. The number of nitrogens with one attached hydrogen (secondary N) is 1. The van der Waals surface area contributed by atoms with Crippen molar-refractivity contribution in [3.05, 3.63) is 59.9 Å². The van der Waals surface area contributed by atoms with Gasteiger partial charge in [0.2, 0.25) is 15.9 Å². The van der Waals surface area contributed by atoms with Crippen molar-refractivity contribution in [2.45, 2.75) is 19.5 Å². The van der Waals surface area contributed by atoms with Crippen LogP contribution in [0.4, 0.5) is 15.8 Å². The van der Waals surface area contributed by atoms with Crippen molar-refractivity contribution in [2.24, 2.45) is 0 Å². The number of carbonyl (C=O) groups excluding carboxylic acids is 1. The first-order chi connectivity index (χ1) is 14.6. The van der Waals surface area contributed by atoms with Crippen molar-refractivity contribution >= 4 is 27.3 Å². The molecule has 1 atom stereocenters. The van der Waals surface area contributed by atoms with Gasteiger partial charge in [0.15, 0.2) is 0 Å². The minimum atomic E-state index is -3.74. The highest BCUT2D eigenvalue weighted by atomic mass is 32.2. The monoisotopic (exact) mass is 448 g/mol. The van der Waals surface area contributed by atoms with Crippen molar-refractivity contribution in [2.75, 3.05) is 48.7 Å². The number of carbonyl (C=O) groups is 1. The molecule has 0 aliphatic carbocycles. The smallest absolute Gasteiger partial charge is 0.243 e. The quantitative estimate of drug-likeness (QED) is 0.702. The van der Waals surface area contributed by atoms with Crippen molar-refractivity contribution in [3.8, 4) is 0 Å². The Hall–Kier alpha value is -2.65. The molecule has 0 bridgehead atoms. The Morgan fingerprint density at radius 3 is 2.19 bits per heavy atom. The van der Waals surface area contributed by atoms with Gasteiger partial charge in [-0.1, -0.05) is 12.1 Å². The molecule has 1 amide bonds.